The number of nitrogens with zero attached hydrogens (tertiary/aromatic N) is 2. The third kappa shape index (κ3) is 4.16. The minimum atomic E-state index is -0.283. The average molecular weight is 363 g/mol. The van der Waals surface area contributed by atoms with Crippen molar-refractivity contribution < 1.29 is 4.39 Å². The van der Waals surface area contributed by atoms with Gasteiger partial charge in [0.15, 0.2) is 0 Å². The first-order valence-electron chi connectivity index (χ1n) is 8.25. The van der Waals surface area contributed by atoms with Crippen molar-refractivity contribution in [3.8, 4) is 17.3 Å². The van der Waals surface area contributed by atoms with Crippen LogP contribution in [0.1, 0.15) is 30.3 Å². The van der Waals surface area contributed by atoms with E-state index < -0.39 is 0 Å². The largest absolute Gasteiger partial charge is 0.360 e. The number of aromatic nitrogens is 1. The molecular formula is C21H18FN3S. The zero-order chi connectivity index (χ0) is 18.5. The highest BCUT2D eigenvalue weighted by Crippen LogP contribution is 2.26. The van der Waals surface area contributed by atoms with Crippen LogP contribution in [0.2, 0.25) is 0 Å². The number of benzene rings is 2. The molecule has 0 saturated carbocycles. The highest BCUT2D eigenvalue weighted by molar-refractivity contribution is 7.11. The van der Waals surface area contributed by atoms with Gasteiger partial charge in [-0.3, -0.25) is 0 Å². The summed E-state index contributed by atoms with van der Waals surface area (Å²) in [5.74, 6) is 0.198. The lowest BCUT2D eigenvalue weighted by Crippen LogP contribution is -1.92. The van der Waals surface area contributed by atoms with Gasteiger partial charge in [-0.25, -0.2) is 9.37 Å². The summed E-state index contributed by atoms with van der Waals surface area (Å²) < 4.78 is 13.0. The van der Waals surface area contributed by atoms with Crippen LogP contribution in [0.3, 0.4) is 0 Å². The Kier molecular flexibility index (Phi) is 5.45. The van der Waals surface area contributed by atoms with E-state index in [1.807, 2.05) is 17.5 Å². The lowest BCUT2D eigenvalue weighted by molar-refractivity contribution is 0.628. The van der Waals surface area contributed by atoms with Crippen LogP contribution >= 0.6 is 11.3 Å². The lowest BCUT2D eigenvalue weighted by Gasteiger charge is -2.06. The lowest BCUT2D eigenvalue weighted by atomic mass is 10.0. The summed E-state index contributed by atoms with van der Waals surface area (Å²) in [6.07, 6.45) is 1.66. The van der Waals surface area contributed by atoms with Gasteiger partial charge in [-0.05, 0) is 47.9 Å². The van der Waals surface area contributed by atoms with Gasteiger partial charge < -0.3 is 5.32 Å². The summed E-state index contributed by atoms with van der Waals surface area (Å²) in [6, 6.07) is 16.5. The Morgan fingerprint density at radius 3 is 2.46 bits per heavy atom. The van der Waals surface area contributed by atoms with Gasteiger partial charge in [-0.15, -0.1) is 11.3 Å². The SMILES string of the molecule is CC(C)c1ccc(N/C=C(/C#N)c2nc(-c3ccc(F)cc3)cs2)cc1. The number of rotatable bonds is 5. The third-order valence-corrected chi connectivity index (χ3v) is 4.83. The average Bonchev–Trinajstić information content (AvgIpc) is 3.13. The van der Waals surface area contributed by atoms with Gasteiger partial charge in [0, 0.05) is 22.8 Å². The molecular weight excluding hydrogens is 345 g/mol. The van der Waals surface area contributed by atoms with Gasteiger partial charge in [0.2, 0.25) is 0 Å². The molecule has 0 bridgehead atoms. The Balaban J connectivity index is 1.77. The summed E-state index contributed by atoms with van der Waals surface area (Å²) >= 11 is 1.39. The summed E-state index contributed by atoms with van der Waals surface area (Å²) in [5.41, 5.74) is 4.19. The van der Waals surface area contributed by atoms with Crippen molar-refractivity contribution in [3.05, 3.63) is 76.5 Å². The predicted octanol–water partition coefficient (Wildman–Crippen LogP) is 6.05. The van der Waals surface area contributed by atoms with E-state index in [1.54, 1.807) is 18.3 Å². The fourth-order valence-corrected chi connectivity index (χ4v) is 3.21. The maximum absolute atomic E-state index is 13.0. The standard InChI is InChI=1S/C21H18FN3S/c1-14(2)15-5-9-19(10-6-15)24-12-17(11-23)21-25-20(13-26-21)16-3-7-18(22)8-4-16/h3-10,12-14,24H,1-2H3/b17-12-. The van der Waals surface area contributed by atoms with E-state index in [-0.39, 0.29) is 5.82 Å². The minimum Gasteiger partial charge on any atom is -0.360 e. The Hall–Kier alpha value is -2.97. The van der Waals surface area contributed by atoms with Crippen molar-refractivity contribution in [2.75, 3.05) is 5.32 Å². The summed E-state index contributed by atoms with van der Waals surface area (Å²) in [7, 11) is 0. The summed E-state index contributed by atoms with van der Waals surface area (Å²) in [6.45, 7) is 4.30. The zero-order valence-electron chi connectivity index (χ0n) is 14.5. The monoisotopic (exact) mass is 363 g/mol. The number of halogens is 1. The third-order valence-electron chi connectivity index (χ3n) is 3.96. The molecule has 0 atom stereocenters. The molecule has 2 aromatic carbocycles. The van der Waals surface area contributed by atoms with Crippen LogP contribution in [0.4, 0.5) is 10.1 Å². The van der Waals surface area contributed by atoms with E-state index in [9.17, 15) is 9.65 Å². The molecule has 0 unspecified atom stereocenters. The van der Waals surface area contributed by atoms with E-state index in [4.69, 9.17) is 0 Å². The molecule has 1 heterocycles. The number of allylic oxidation sites excluding steroid dienone is 1. The molecule has 5 heteroatoms. The van der Waals surface area contributed by atoms with Crippen LogP contribution in [-0.2, 0) is 0 Å². The van der Waals surface area contributed by atoms with Crippen LogP contribution in [0.25, 0.3) is 16.8 Å². The van der Waals surface area contributed by atoms with E-state index in [1.165, 1.54) is 29.0 Å². The predicted molar refractivity (Wildman–Crippen MR) is 105 cm³/mol. The van der Waals surface area contributed by atoms with Gasteiger partial charge in [-0.1, -0.05) is 26.0 Å². The number of anilines is 1. The molecule has 0 saturated heterocycles. The van der Waals surface area contributed by atoms with Crippen LogP contribution in [0.15, 0.2) is 60.1 Å². The molecule has 0 fully saturated rings. The molecule has 0 spiro atoms. The van der Waals surface area contributed by atoms with Gasteiger partial charge in [0.25, 0.3) is 0 Å². The second-order valence-corrected chi connectivity index (χ2v) is 6.99. The topological polar surface area (TPSA) is 48.7 Å². The molecule has 0 aliphatic carbocycles. The quantitative estimate of drug-likeness (QED) is 0.561. The molecule has 3 aromatic rings. The van der Waals surface area contributed by atoms with Crippen molar-refractivity contribution in [1.82, 2.24) is 4.98 Å². The van der Waals surface area contributed by atoms with Crippen molar-refractivity contribution in [1.29, 1.82) is 5.26 Å². The van der Waals surface area contributed by atoms with Crippen LogP contribution in [-0.4, -0.2) is 4.98 Å². The number of hydrogen-bond donors (Lipinski definition) is 1. The maximum Gasteiger partial charge on any atom is 0.136 e. The summed E-state index contributed by atoms with van der Waals surface area (Å²) in [4.78, 5) is 4.50. The van der Waals surface area contributed by atoms with E-state index in [2.05, 4.69) is 42.4 Å². The molecule has 3 rings (SSSR count). The molecule has 3 nitrogen and oxygen atoms in total. The Labute approximate surface area is 156 Å². The number of hydrogen-bond acceptors (Lipinski definition) is 4. The smallest absolute Gasteiger partial charge is 0.136 e. The van der Waals surface area contributed by atoms with Crippen LogP contribution in [0, 0.1) is 17.1 Å². The first-order chi connectivity index (χ1) is 12.6. The van der Waals surface area contributed by atoms with Gasteiger partial charge in [-0.2, -0.15) is 5.26 Å². The molecule has 26 heavy (non-hydrogen) atoms. The molecule has 0 aliphatic heterocycles. The Bertz CT molecular complexity index is 948. The van der Waals surface area contributed by atoms with Crippen molar-refractivity contribution in [2.45, 2.75) is 19.8 Å². The van der Waals surface area contributed by atoms with Crippen molar-refractivity contribution in [3.63, 3.8) is 0 Å². The fraction of sp³-hybridized carbons (Fsp3) is 0.143. The second-order valence-electron chi connectivity index (χ2n) is 6.14. The molecule has 130 valence electrons. The minimum absolute atomic E-state index is 0.283. The zero-order valence-corrected chi connectivity index (χ0v) is 15.3. The molecule has 0 aliphatic rings. The Morgan fingerprint density at radius 2 is 1.85 bits per heavy atom. The van der Waals surface area contributed by atoms with E-state index in [0.29, 0.717) is 16.5 Å². The summed E-state index contributed by atoms with van der Waals surface area (Å²) in [5, 5.41) is 15.1. The van der Waals surface area contributed by atoms with Crippen LogP contribution in [0.5, 0.6) is 0 Å². The highest BCUT2D eigenvalue weighted by Gasteiger charge is 2.09. The molecule has 1 aromatic heterocycles. The molecule has 0 amide bonds. The normalized spacial score (nSPS) is 11.4. The van der Waals surface area contributed by atoms with Crippen molar-refractivity contribution in [2.24, 2.45) is 0 Å². The van der Waals surface area contributed by atoms with E-state index >= 15 is 0 Å². The molecule has 0 radical (unpaired) electrons. The van der Waals surface area contributed by atoms with Gasteiger partial charge >= 0.3 is 0 Å². The van der Waals surface area contributed by atoms with E-state index in [0.717, 1.165) is 16.9 Å². The number of thiazole rings is 1. The molecule has 1 N–H and O–H groups in total. The second kappa shape index (κ2) is 7.94. The fourth-order valence-electron chi connectivity index (χ4n) is 2.41. The highest BCUT2D eigenvalue weighted by atomic mass is 32.1. The van der Waals surface area contributed by atoms with Gasteiger partial charge in [0.1, 0.15) is 22.5 Å². The van der Waals surface area contributed by atoms with Gasteiger partial charge in [0.05, 0.1) is 5.69 Å². The number of nitriles is 1. The van der Waals surface area contributed by atoms with Crippen LogP contribution < -0.4 is 5.32 Å². The maximum atomic E-state index is 13.0. The Morgan fingerprint density at radius 1 is 1.15 bits per heavy atom. The van der Waals surface area contributed by atoms with Crippen molar-refractivity contribution >= 4 is 22.6 Å². The first kappa shape index (κ1) is 17.8. The number of nitrogens with one attached hydrogen (secondary N) is 1. The first-order valence-corrected chi connectivity index (χ1v) is 9.13.